The number of benzene rings is 1. The van der Waals surface area contributed by atoms with Crippen LogP contribution in [0.25, 0.3) is 0 Å². The summed E-state index contributed by atoms with van der Waals surface area (Å²) in [6, 6.07) is 3.76. The summed E-state index contributed by atoms with van der Waals surface area (Å²) in [5.74, 6) is -2.06. The molecule has 0 aromatic heterocycles. The van der Waals surface area contributed by atoms with Crippen LogP contribution in [0.1, 0.15) is 87.8 Å². The molecular weight excluding hydrogens is 662 g/mol. The van der Waals surface area contributed by atoms with E-state index in [9.17, 15) is 32.4 Å². The van der Waals surface area contributed by atoms with E-state index in [0.717, 1.165) is 43.2 Å². The molecule has 272 valence electrons. The fraction of sp³-hybridized carbons (Fsp3) is 0.639. The largest absolute Gasteiger partial charge is 0.444 e. The molecule has 13 nitrogen and oxygen atoms in total. The van der Waals surface area contributed by atoms with Gasteiger partial charge in [0.15, 0.2) is 5.78 Å². The predicted octanol–water partition coefficient (Wildman–Crippen LogP) is 3.40. The Kier molecular flexibility index (Phi) is 10.3. The summed E-state index contributed by atoms with van der Waals surface area (Å²) < 4.78 is 33.4. The third-order valence-electron chi connectivity index (χ3n) is 11.1. The molecule has 1 saturated heterocycles. The monoisotopic (exact) mass is 711 g/mol. The number of nitrogens with zero attached hydrogens (tertiary/aromatic N) is 3. The van der Waals surface area contributed by atoms with Gasteiger partial charge in [0.1, 0.15) is 12.1 Å². The van der Waals surface area contributed by atoms with E-state index in [1.165, 1.54) is 10.5 Å². The lowest BCUT2D eigenvalue weighted by atomic mass is 9.91. The first-order chi connectivity index (χ1) is 23.9. The number of carbonyl (C=O) groups is 5. The summed E-state index contributed by atoms with van der Waals surface area (Å²) in [5, 5.41) is 2.22. The molecule has 3 fully saturated rings. The number of rotatable bonds is 8. The van der Waals surface area contributed by atoms with Gasteiger partial charge in [-0.15, -0.1) is 6.58 Å². The van der Waals surface area contributed by atoms with Gasteiger partial charge in [-0.2, -0.15) is 0 Å². The normalized spacial score (nSPS) is 29.2. The summed E-state index contributed by atoms with van der Waals surface area (Å²) in [6.07, 6.45) is 6.04. The number of ketones is 1. The molecule has 0 radical (unpaired) electrons. The summed E-state index contributed by atoms with van der Waals surface area (Å²) in [7, 11) is -2.16. The zero-order valence-corrected chi connectivity index (χ0v) is 29.8. The average molecular weight is 712 g/mol. The molecule has 3 aliphatic heterocycles. The maximum Gasteiger partial charge on any atom is 0.410 e. The van der Waals surface area contributed by atoms with Gasteiger partial charge in [0.25, 0.3) is 0 Å². The first-order valence-corrected chi connectivity index (χ1v) is 19.5. The SMILES string of the molecule is C=C[C@@H]1C[C@]1(CC(=O)[C@@H]1C[C@@H]2CN1C(=O)[C@H](CC)NC(=O)N(C)CCCCCCc1cccc3c1CN(C3)C(=O)O2)C(=O)NS(=O)(=O)C1CC1. The number of amides is 5. The first-order valence-electron chi connectivity index (χ1n) is 18.0. The Bertz CT molecular complexity index is 1660. The van der Waals surface area contributed by atoms with E-state index in [1.54, 1.807) is 29.8 Å². The van der Waals surface area contributed by atoms with Crippen molar-refractivity contribution < 1.29 is 37.1 Å². The number of Topliss-reactive ketones (excluding diaryl/α,β-unsaturated/α-hetero) is 1. The molecule has 0 spiro atoms. The Morgan fingerprint density at radius 3 is 2.54 bits per heavy atom. The van der Waals surface area contributed by atoms with Crippen molar-refractivity contribution in [2.45, 2.75) is 114 Å². The molecule has 6 rings (SSSR count). The molecule has 2 aliphatic carbocycles. The van der Waals surface area contributed by atoms with Crippen LogP contribution in [0.4, 0.5) is 9.59 Å². The van der Waals surface area contributed by atoms with E-state index in [2.05, 4.69) is 22.7 Å². The summed E-state index contributed by atoms with van der Waals surface area (Å²) in [6.45, 7) is 6.84. The van der Waals surface area contributed by atoms with Crippen molar-refractivity contribution in [2.75, 3.05) is 20.1 Å². The zero-order chi connectivity index (χ0) is 35.8. The molecular formula is C36H49N5O8S. The highest BCUT2D eigenvalue weighted by Crippen LogP contribution is 2.57. The number of hydrogen-bond donors (Lipinski definition) is 2. The van der Waals surface area contributed by atoms with Crippen molar-refractivity contribution in [1.29, 1.82) is 0 Å². The minimum absolute atomic E-state index is 0.0173. The Hall–Kier alpha value is -3.94. The van der Waals surface area contributed by atoms with Crippen LogP contribution >= 0.6 is 0 Å². The van der Waals surface area contributed by atoms with Gasteiger partial charge < -0.3 is 19.9 Å². The third-order valence-corrected chi connectivity index (χ3v) is 12.9. The molecule has 5 aliphatic rings. The number of urea groups is 1. The van der Waals surface area contributed by atoms with E-state index in [4.69, 9.17) is 4.74 Å². The summed E-state index contributed by atoms with van der Waals surface area (Å²) in [5.41, 5.74) is 2.12. The van der Waals surface area contributed by atoms with Crippen LogP contribution in [-0.2, 0) is 48.7 Å². The fourth-order valence-electron chi connectivity index (χ4n) is 7.73. The van der Waals surface area contributed by atoms with Gasteiger partial charge >= 0.3 is 12.1 Å². The van der Waals surface area contributed by atoms with Crippen molar-refractivity contribution in [2.24, 2.45) is 11.3 Å². The average Bonchev–Trinajstić information content (AvgIpc) is 3.98. The number of fused-ring (bicyclic) bond motifs is 3. The number of nitrogens with one attached hydrogen (secondary N) is 2. The topological polar surface area (TPSA) is 162 Å². The maximum absolute atomic E-state index is 14.2. The van der Waals surface area contributed by atoms with Crippen molar-refractivity contribution in [3.63, 3.8) is 0 Å². The molecule has 2 N–H and O–H groups in total. The molecule has 1 aromatic carbocycles. The van der Waals surface area contributed by atoms with Gasteiger partial charge in [-0.3, -0.25) is 24.0 Å². The summed E-state index contributed by atoms with van der Waals surface area (Å²) >= 11 is 0. The van der Waals surface area contributed by atoms with Gasteiger partial charge in [0.2, 0.25) is 21.8 Å². The lowest BCUT2D eigenvalue weighted by Gasteiger charge is -2.30. The van der Waals surface area contributed by atoms with Gasteiger partial charge in [-0.05, 0) is 67.6 Å². The van der Waals surface area contributed by atoms with E-state index >= 15 is 0 Å². The van der Waals surface area contributed by atoms with Gasteiger partial charge in [0.05, 0.1) is 23.3 Å². The number of aryl methyl sites for hydroxylation is 1. The van der Waals surface area contributed by atoms with Gasteiger partial charge in [-0.1, -0.05) is 44.0 Å². The molecule has 5 atom stereocenters. The highest BCUT2D eigenvalue weighted by molar-refractivity contribution is 7.90. The lowest BCUT2D eigenvalue weighted by molar-refractivity contribution is -0.140. The first kappa shape index (κ1) is 35.9. The second-order valence-corrected chi connectivity index (χ2v) is 16.6. The molecule has 0 unspecified atom stereocenters. The van der Waals surface area contributed by atoms with Gasteiger partial charge in [0, 0.05) is 39.5 Å². The standard InChI is InChI=1S/C36H49N5O8S/c1-4-25-18-36(25,33(44)38-50(47,48)27-14-15-27)19-31(42)30-17-26-21-41(30)32(43)29(5-2)37-34(45)39(3)16-9-7-6-8-11-23-12-10-13-24-20-40(22-28(23)24)35(46)49-26/h4,10,12-13,25-27,29-30H,1,5-9,11,14-22H2,2-3H3,(H,37,45)(H,38,44)/t25-,26-,29+,30+,36-/m1/s1. The number of hydrogen-bond acceptors (Lipinski definition) is 8. The number of carbonyl (C=O) groups excluding carboxylic acids is 5. The molecule has 3 heterocycles. The van der Waals surface area contributed by atoms with Crippen LogP contribution in [0.2, 0.25) is 0 Å². The van der Waals surface area contributed by atoms with Crippen LogP contribution in [0.15, 0.2) is 30.9 Å². The minimum atomic E-state index is -3.85. The van der Waals surface area contributed by atoms with Crippen LogP contribution < -0.4 is 10.0 Å². The van der Waals surface area contributed by atoms with Crippen LogP contribution in [0, 0.1) is 11.3 Å². The smallest absolute Gasteiger partial charge is 0.410 e. The lowest BCUT2D eigenvalue weighted by Crippen LogP contribution is -2.54. The van der Waals surface area contributed by atoms with E-state index in [0.29, 0.717) is 32.5 Å². The highest BCUT2D eigenvalue weighted by Gasteiger charge is 2.61. The maximum atomic E-state index is 14.2. The molecule has 4 bridgehead atoms. The van der Waals surface area contributed by atoms with E-state index in [1.807, 2.05) is 12.1 Å². The van der Waals surface area contributed by atoms with Crippen molar-refractivity contribution in [1.82, 2.24) is 24.7 Å². The Labute approximate surface area is 294 Å². The van der Waals surface area contributed by atoms with Crippen molar-refractivity contribution >= 4 is 39.7 Å². The van der Waals surface area contributed by atoms with Crippen molar-refractivity contribution in [3.8, 4) is 0 Å². The summed E-state index contributed by atoms with van der Waals surface area (Å²) in [4.78, 5) is 73.0. The van der Waals surface area contributed by atoms with Crippen LogP contribution in [-0.4, -0.2) is 96.4 Å². The molecule has 1 aromatic rings. The van der Waals surface area contributed by atoms with E-state index in [-0.39, 0.29) is 32.2 Å². The zero-order valence-electron chi connectivity index (χ0n) is 29.0. The van der Waals surface area contributed by atoms with Crippen LogP contribution in [0.3, 0.4) is 0 Å². The Morgan fingerprint density at radius 1 is 1.10 bits per heavy atom. The second-order valence-electron chi connectivity index (χ2n) is 14.7. The second kappa shape index (κ2) is 14.4. The fourth-order valence-corrected chi connectivity index (χ4v) is 9.11. The Balaban J connectivity index is 1.24. The Morgan fingerprint density at radius 2 is 1.84 bits per heavy atom. The number of sulfonamides is 1. The molecule has 50 heavy (non-hydrogen) atoms. The minimum Gasteiger partial charge on any atom is -0.444 e. The molecule has 2 saturated carbocycles. The van der Waals surface area contributed by atoms with Crippen molar-refractivity contribution in [3.05, 3.63) is 47.5 Å². The molecule has 14 heteroatoms. The highest BCUT2D eigenvalue weighted by atomic mass is 32.2. The van der Waals surface area contributed by atoms with Gasteiger partial charge in [-0.25, -0.2) is 18.0 Å². The number of allylic oxidation sites excluding steroid dienone is 1. The molecule has 5 amide bonds. The van der Waals surface area contributed by atoms with E-state index < -0.39 is 74.5 Å². The third kappa shape index (κ3) is 7.40. The predicted molar refractivity (Wildman–Crippen MR) is 184 cm³/mol. The van der Waals surface area contributed by atoms with Crippen LogP contribution in [0.5, 0.6) is 0 Å². The quantitative estimate of drug-likeness (QED) is 0.388. The number of ether oxygens (including phenoxy) is 1.